The number of aromatic hydroxyl groups is 1. The van der Waals surface area contributed by atoms with E-state index < -0.39 is 78.6 Å². The van der Waals surface area contributed by atoms with Crippen LogP contribution in [0.3, 0.4) is 0 Å². The van der Waals surface area contributed by atoms with E-state index in [1.807, 2.05) is 0 Å². The number of carbonyl (C=O) groups excluding carboxylic acids is 2. The first kappa shape index (κ1) is 35.8. The molecular weight excluding hydrogens is 737 g/mol. The number of phenols is 1. The fraction of sp³-hybridized carbons (Fsp3) is 0.324. The minimum atomic E-state index is -5.20. The fourth-order valence-corrected chi connectivity index (χ4v) is 7.55. The number of aromatic nitrogens is 1. The van der Waals surface area contributed by atoms with Gasteiger partial charge in [-0.25, -0.2) is 4.90 Å². The third-order valence-electron chi connectivity index (χ3n) is 9.32. The summed E-state index contributed by atoms with van der Waals surface area (Å²) in [6.45, 7) is -0.566. The topological polar surface area (TPSA) is 120 Å². The van der Waals surface area contributed by atoms with Crippen molar-refractivity contribution in [2.75, 3.05) is 11.5 Å². The molecule has 2 saturated heterocycles. The molecule has 3 heterocycles. The van der Waals surface area contributed by atoms with Gasteiger partial charge in [-0.05, 0) is 103 Å². The van der Waals surface area contributed by atoms with E-state index in [-0.39, 0.29) is 37.4 Å². The molecule has 50 heavy (non-hydrogen) atoms. The number of imide groups is 1. The zero-order valence-corrected chi connectivity index (χ0v) is 27.5. The Morgan fingerprint density at radius 2 is 1.70 bits per heavy atom. The Morgan fingerprint density at radius 1 is 1.00 bits per heavy atom. The number of phenolic OH excluding ortho intramolecular Hbond substituents is 1. The number of amides is 2. The Kier molecular flexibility index (Phi) is 9.76. The average Bonchev–Trinajstić information content (AvgIpc) is 3.32. The maximum atomic E-state index is 13.9. The summed E-state index contributed by atoms with van der Waals surface area (Å²) >= 11 is 3.39. The van der Waals surface area contributed by atoms with Crippen molar-refractivity contribution >= 4 is 52.2 Å². The SMILES string of the molecule is O=C1[C@@H]2[C@@H](CC(CO)=C3[C@@H](CC/C(=C/c4cc(Br)ccc4O)c4ccccn4)OB(O)C[C@@H]32)C(=O)N1c1cc(C(F)(F)F)cc(C(F)(F)F)c1. The molecule has 262 valence electrons. The van der Waals surface area contributed by atoms with Gasteiger partial charge in [-0.3, -0.25) is 14.6 Å². The summed E-state index contributed by atoms with van der Waals surface area (Å²) < 4.78 is 88.6. The number of pyridine rings is 1. The summed E-state index contributed by atoms with van der Waals surface area (Å²) in [4.78, 5) is 32.4. The van der Waals surface area contributed by atoms with Crippen molar-refractivity contribution in [1.82, 2.24) is 4.98 Å². The second kappa shape index (κ2) is 13.6. The minimum Gasteiger partial charge on any atom is -0.507 e. The first-order valence-corrected chi connectivity index (χ1v) is 16.3. The van der Waals surface area contributed by atoms with E-state index in [1.54, 1.807) is 42.6 Å². The highest BCUT2D eigenvalue weighted by atomic mass is 79.9. The van der Waals surface area contributed by atoms with E-state index in [0.717, 1.165) is 0 Å². The number of halogens is 7. The maximum absolute atomic E-state index is 13.9. The van der Waals surface area contributed by atoms with E-state index in [2.05, 4.69) is 20.9 Å². The first-order chi connectivity index (χ1) is 23.6. The van der Waals surface area contributed by atoms with Crippen LogP contribution >= 0.6 is 15.9 Å². The predicted molar refractivity (Wildman–Crippen MR) is 173 cm³/mol. The number of nitrogens with zero attached hydrogens (tertiary/aromatic N) is 2. The van der Waals surface area contributed by atoms with Crippen LogP contribution in [0.5, 0.6) is 5.75 Å². The quantitative estimate of drug-likeness (QED) is 0.104. The third kappa shape index (κ3) is 6.98. The van der Waals surface area contributed by atoms with Crippen molar-refractivity contribution in [1.29, 1.82) is 0 Å². The van der Waals surface area contributed by atoms with Gasteiger partial charge in [0.25, 0.3) is 0 Å². The summed E-state index contributed by atoms with van der Waals surface area (Å²) in [5.74, 6) is -5.33. The molecule has 0 spiro atoms. The minimum absolute atomic E-state index is 0.00623. The van der Waals surface area contributed by atoms with Crippen molar-refractivity contribution in [2.24, 2.45) is 17.8 Å². The molecule has 3 aromatic rings. The molecule has 1 aliphatic carbocycles. The molecule has 2 fully saturated rings. The molecule has 16 heteroatoms. The van der Waals surface area contributed by atoms with Crippen LogP contribution in [0.25, 0.3) is 11.6 Å². The summed E-state index contributed by atoms with van der Waals surface area (Å²) in [5.41, 5.74) is -1.71. The largest absolute Gasteiger partial charge is 0.507 e. The van der Waals surface area contributed by atoms with Crippen molar-refractivity contribution in [2.45, 2.75) is 44.0 Å². The van der Waals surface area contributed by atoms with Gasteiger partial charge in [0.1, 0.15) is 5.75 Å². The number of aliphatic hydroxyl groups is 1. The summed E-state index contributed by atoms with van der Waals surface area (Å²) in [6, 6.07) is 10.7. The Balaban J connectivity index is 1.35. The van der Waals surface area contributed by atoms with Crippen LogP contribution in [-0.4, -0.2) is 51.9 Å². The lowest BCUT2D eigenvalue weighted by atomic mass is 9.58. The number of alkyl halides is 6. The van der Waals surface area contributed by atoms with E-state index in [4.69, 9.17) is 4.65 Å². The van der Waals surface area contributed by atoms with Gasteiger partial charge >= 0.3 is 19.5 Å². The number of hydrogen-bond acceptors (Lipinski definition) is 7. The number of anilines is 1. The Morgan fingerprint density at radius 3 is 2.32 bits per heavy atom. The number of aliphatic hydroxyl groups excluding tert-OH is 1. The summed E-state index contributed by atoms with van der Waals surface area (Å²) in [6.07, 6.45) is -7.93. The second-order valence-corrected chi connectivity index (χ2v) is 13.3. The molecule has 3 N–H and O–H groups in total. The molecule has 4 atom stereocenters. The van der Waals surface area contributed by atoms with Gasteiger partial charge in [-0.2, -0.15) is 26.3 Å². The number of carbonyl (C=O) groups is 2. The number of fused-ring (bicyclic) bond motifs is 3. The van der Waals surface area contributed by atoms with Gasteiger partial charge in [0.15, 0.2) is 0 Å². The van der Waals surface area contributed by atoms with Crippen molar-refractivity contribution in [3.8, 4) is 5.75 Å². The molecule has 8 nitrogen and oxygen atoms in total. The monoisotopic (exact) mass is 764 g/mol. The Hall–Kier alpha value is -3.99. The van der Waals surface area contributed by atoms with Gasteiger partial charge in [0.2, 0.25) is 11.8 Å². The van der Waals surface area contributed by atoms with Gasteiger partial charge in [-0.15, -0.1) is 0 Å². The molecule has 0 radical (unpaired) electrons. The van der Waals surface area contributed by atoms with Crippen LogP contribution in [0.15, 0.2) is 76.4 Å². The smallest absolute Gasteiger partial charge is 0.455 e. The lowest BCUT2D eigenvalue weighted by Gasteiger charge is -2.43. The molecule has 2 aromatic carbocycles. The van der Waals surface area contributed by atoms with E-state index >= 15 is 0 Å². The van der Waals surface area contributed by atoms with E-state index in [0.29, 0.717) is 49.5 Å². The number of allylic oxidation sites excluding steroid dienone is 1. The summed E-state index contributed by atoms with van der Waals surface area (Å²) in [7, 11) is -1.44. The van der Waals surface area contributed by atoms with E-state index in [1.165, 1.54) is 6.07 Å². The Bertz CT molecular complexity index is 1850. The van der Waals surface area contributed by atoms with Gasteiger partial charge in [0, 0.05) is 16.2 Å². The highest BCUT2D eigenvalue weighted by Gasteiger charge is 2.58. The number of hydrogen-bond donors (Lipinski definition) is 3. The lowest BCUT2D eigenvalue weighted by Crippen LogP contribution is -2.46. The first-order valence-electron chi connectivity index (χ1n) is 15.5. The van der Waals surface area contributed by atoms with Gasteiger partial charge in [0.05, 0.1) is 47.1 Å². The standard InChI is InChI=1S/C34H28BBrF6N2O6/c36-22-5-6-27(46)18(10-22)9-17(26-3-1-2-8-43-26)4-7-28-29-19(16-45)11-24-30(25(29)15-35(49)50-28)32(48)44(31(24)47)23-13-20(33(37,38)39)12-21(14-23)34(40,41)42/h1-3,5-6,8-10,12-14,24-25,28,30,45-46,49H,4,7,11,15-16H2/b17-9-/t24-,25+,28-,30-/m1/s1. The Labute approximate surface area is 290 Å². The zero-order valence-electron chi connectivity index (χ0n) is 25.9. The van der Waals surface area contributed by atoms with Crippen LogP contribution in [0.1, 0.15) is 41.6 Å². The highest BCUT2D eigenvalue weighted by molar-refractivity contribution is 9.10. The molecule has 3 aliphatic rings. The lowest BCUT2D eigenvalue weighted by molar-refractivity contribution is -0.143. The van der Waals surface area contributed by atoms with E-state index in [9.17, 15) is 51.2 Å². The van der Waals surface area contributed by atoms with Crippen molar-refractivity contribution in [3.05, 3.63) is 98.8 Å². The van der Waals surface area contributed by atoms with Crippen molar-refractivity contribution in [3.63, 3.8) is 0 Å². The maximum Gasteiger partial charge on any atom is 0.455 e. The third-order valence-corrected chi connectivity index (χ3v) is 9.81. The molecule has 2 aliphatic heterocycles. The number of rotatable bonds is 7. The highest BCUT2D eigenvalue weighted by Crippen LogP contribution is 2.52. The van der Waals surface area contributed by atoms with Gasteiger partial charge < -0.3 is 19.9 Å². The van der Waals surface area contributed by atoms with Crippen LogP contribution in [0, 0.1) is 17.8 Å². The molecule has 0 saturated carbocycles. The molecule has 6 rings (SSSR count). The fourth-order valence-electron chi connectivity index (χ4n) is 7.17. The van der Waals surface area contributed by atoms with Crippen LogP contribution in [0.4, 0.5) is 32.0 Å². The molecule has 0 bridgehead atoms. The molecule has 1 aromatic heterocycles. The average molecular weight is 765 g/mol. The molecular formula is C34H28BBrF6N2O6. The predicted octanol–water partition coefficient (Wildman–Crippen LogP) is 6.90. The summed E-state index contributed by atoms with van der Waals surface area (Å²) in [5, 5.41) is 31.8. The molecule has 0 unspecified atom stereocenters. The second-order valence-electron chi connectivity index (χ2n) is 12.4. The number of benzene rings is 2. The van der Waals surface area contributed by atoms with Gasteiger partial charge in [-0.1, -0.05) is 22.0 Å². The normalized spacial score (nSPS) is 23.0. The zero-order chi connectivity index (χ0) is 36.1. The van der Waals surface area contributed by atoms with Crippen LogP contribution in [0.2, 0.25) is 6.32 Å². The van der Waals surface area contributed by atoms with Crippen LogP contribution < -0.4 is 4.90 Å². The van der Waals surface area contributed by atoms with Crippen LogP contribution in [-0.2, 0) is 26.6 Å². The molecule has 2 amide bonds. The van der Waals surface area contributed by atoms with Crippen molar-refractivity contribution < 1.29 is 55.8 Å².